The van der Waals surface area contributed by atoms with Gasteiger partial charge in [-0.05, 0) is 17.2 Å². The summed E-state index contributed by atoms with van der Waals surface area (Å²) in [5.74, 6) is -0.113. The number of hydrogen-bond acceptors (Lipinski definition) is 4. The van der Waals surface area contributed by atoms with Gasteiger partial charge >= 0.3 is 0 Å². The van der Waals surface area contributed by atoms with Gasteiger partial charge in [0, 0.05) is 37.5 Å². The number of nitrogens with zero attached hydrogens (tertiary/aromatic N) is 3. The van der Waals surface area contributed by atoms with Crippen molar-refractivity contribution < 1.29 is 9.53 Å². The molecule has 0 saturated carbocycles. The van der Waals surface area contributed by atoms with E-state index < -0.39 is 0 Å². The summed E-state index contributed by atoms with van der Waals surface area (Å²) in [4.78, 5) is 15.0. The van der Waals surface area contributed by atoms with E-state index in [0.29, 0.717) is 6.54 Å². The standard InChI is InChI=1S/C25H28N4O2/c30-25(12-11-22-17-26-29(19-22)18-21-7-3-1-4-8-21)27-24(23-9-5-2-6-10-23)20-28-13-15-31-16-14-28/h1-12,17,19,24H,13-16,18,20H2,(H,27,30)/b12-11+/t24-/m0/s1. The maximum atomic E-state index is 12.7. The lowest BCUT2D eigenvalue weighted by Crippen LogP contribution is -2.42. The molecule has 2 aromatic carbocycles. The van der Waals surface area contributed by atoms with Crippen molar-refractivity contribution >= 4 is 12.0 Å². The van der Waals surface area contributed by atoms with E-state index in [1.54, 1.807) is 18.3 Å². The van der Waals surface area contributed by atoms with E-state index in [1.807, 2.05) is 47.3 Å². The molecule has 0 unspecified atom stereocenters. The molecule has 6 nitrogen and oxygen atoms in total. The molecule has 1 amide bonds. The second kappa shape index (κ2) is 10.7. The van der Waals surface area contributed by atoms with Crippen LogP contribution in [0.25, 0.3) is 6.08 Å². The Bertz CT molecular complexity index is 979. The van der Waals surface area contributed by atoms with Gasteiger partial charge in [-0.25, -0.2) is 0 Å². The summed E-state index contributed by atoms with van der Waals surface area (Å²) in [6.07, 6.45) is 7.11. The third-order valence-electron chi connectivity index (χ3n) is 5.33. The zero-order valence-corrected chi connectivity index (χ0v) is 17.6. The van der Waals surface area contributed by atoms with E-state index >= 15 is 0 Å². The Kier molecular flexibility index (Phi) is 7.26. The van der Waals surface area contributed by atoms with Crippen molar-refractivity contribution in [1.82, 2.24) is 20.0 Å². The number of hydrogen-bond donors (Lipinski definition) is 1. The third kappa shape index (κ3) is 6.38. The van der Waals surface area contributed by atoms with Gasteiger partial charge in [-0.1, -0.05) is 60.7 Å². The molecule has 1 saturated heterocycles. The summed E-state index contributed by atoms with van der Waals surface area (Å²) in [6, 6.07) is 20.2. The van der Waals surface area contributed by atoms with E-state index in [-0.39, 0.29) is 11.9 Å². The molecular weight excluding hydrogens is 388 g/mol. The van der Waals surface area contributed by atoms with E-state index in [9.17, 15) is 4.79 Å². The summed E-state index contributed by atoms with van der Waals surface area (Å²) in [6.45, 7) is 4.72. The Morgan fingerprint density at radius 1 is 1.06 bits per heavy atom. The third-order valence-corrected chi connectivity index (χ3v) is 5.33. The van der Waals surface area contributed by atoms with Crippen LogP contribution in [-0.4, -0.2) is 53.4 Å². The Balaban J connectivity index is 1.37. The number of carbonyl (C=O) groups excluding carboxylic acids is 1. The molecule has 6 heteroatoms. The smallest absolute Gasteiger partial charge is 0.244 e. The van der Waals surface area contributed by atoms with E-state index in [4.69, 9.17) is 4.74 Å². The molecule has 1 aliphatic heterocycles. The number of nitrogens with one attached hydrogen (secondary N) is 1. The maximum Gasteiger partial charge on any atom is 0.244 e. The lowest BCUT2D eigenvalue weighted by atomic mass is 10.1. The van der Waals surface area contributed by atoms with Crippen LogP contribution in [0.2, 0.25) is 0 Å². The molecule has 0 spiro atoms. The minimum Gasteiger partial charge on any atom is -0.379 e. The highest BCUT2D eigenvalue weighted by molar-refractivity contribution is 5.91. The summed E-state index contributed by atoms with van der Waals surface area (Å²) in [5, 5.41) is 7.55. The summed E-state index contributed by atoms with van der Waals surface area (Å²) >= 11 is 0. The van der Waals surface area contributed by atoms with Gasteiger partial charge in [0.1, 0.15) is 0 Å². The normalized spacial score (nSPS) is 15.7. The van der Waals surface area contributed by atoms with Gasteiger partial charge in [-0.15, -0.1) is 0 Å². The van der Waals surface area contributed by atoms with Gasteiger partial charge in [-0.2, -0.15) is 5.10 Å². The Hall–Kier alpha value is -3.22. The van der Waals surface area contributed by atoms with Gasteiger partial charge in [0.15, 0.2) is 0 Å². The van der Waals surface area contributed by atoms with E-state index in [1.165, 1.54) is 5.56 Å². The maximum absolute atomic E-state index is 12.7. The fourth-order valence-corrected chi connectivity index (χ4v) is 3.68. The summed E-state index contributed by atoms with van der Waals surface area (Å²) < 4.78 is 7.32. The number of morpholine rings is 1. The fraction of sp³-hybridized carbons (Fsp3) is 0.280. The van der Waals surface area contributed by atoms with Crippen LogP contribution in [0.3, 0.4) is 0 Å². The molecule has 1 aliphatic rings. The lowest BCUT2D eigenvalue weighted by Gasteiger charge is -2.31. The highest BCUT2D eigenvalue weighted by Gasteiger charge is 2.19. The van der Waals surface area contributed by atoms with Crippen LogP contribution in [0.4, 0.5) is 0 Å². The molecular formula is C25H28N4O2. The molecule has 1 atom stereocenters. The Morgan fingerprint density at radius 3 is 2.52 bits per heavy atom. The predicted molar refractivity (Wildman–Crippen MR) is 121 cm³/mol. The zero-order chi connectivity index (χ0) is 21.3. The van der Waals surface area contributed by atoms with Crippen LogP contribution in [0.5, 0.6) is 0 Å². The number of carbonyl (C=O) groups is 1. The molecule has 2 heterocycles. The van der Waals surface area contributed by atoms with Gasteiger partial charge in [0.05, 0.1) is 32.0 Å². The second-order valence-corrected chi connectivity index (χ2v) is 7.68. The average Bonchev–Trinajstić information content (AvgIpc) is 3.26. The molecule has 31 heavy (non-hydrogen) atoms. The van der Waals surface area contributed by atoms with Crippen molar-refractivity contribution in [3.05, 3.63) is 95.8 Å². The number of amides is 1. The Morgan fingerprint density at radius 2 is 1.77 bits per heavy atom. The molecule has 3 aromatic rings. The summed E-state index contributed by atoms with van der Waals surface area (Å²) in [7, 11) is 0. The van der Waals surface area contributed by atoms with Crippen molar-refractivity contribution in [2.24, 2.45) is 0 Å². The number of benzene rings is 2. The summed E-state index contributed by atoms with van der Waals surface area (Å²) in [5.41, 5.74) is 3.19. The molecule has 160 valence electrons. The second-order valence-electron chi connectivity index (χ2n) is 7.68. The minimum atomic E-state index is -0.113. The molecule has 0 aliphatic carbocycles. The quantitative estimate of drug-likeness (QED) is 0.573. The lowest BCUT2D eigenvalue weighted by molar-refractivity contribution is -0.117. The highest BCUT2D eigenvalue weighted by Crippen LogP contribution is 2.15. The number of aromatic nitrogens is 2. The van der Waals surface area contributed by atoms with E-state index in [0.717, 1.165) is 44.0 Å². The Labute approximate surface area is 183 Å². The highest BCUT2D eigenvalue weighted by atomic mass is 16.5. The van der Waals surface area contributed by atoms with Gasteiger partial charge in [0.2, 0.25) is 5.91 Å². The molecule has 1 fully saturated rings. The van der Waals surface area contributed by atoms with Gasteiger partial charge in [-0.3, -0.25) is 14.4 Å². The van der Waals surface area contributed by atoms with Gasteiger partial charge < -0.3 is 10.1 Å². The monoisotopic (exact) mass is 416 g/mol. The predicted octanol–water partition coefficient (Wildman–Crippen LogP) is 3.13. The van der Waals surface area contributed by atoms with Crippen LogP contribution in [-0.2, 0) is 16.1 Å². The first-order valence-electron chi connectivity index (χ1n) is 10.7. The first-order valence-corrected chi connectivity index (χ1v) is 10.7. The average molecular weight is 417 g/mol. The van der Waals surface area contributed by atoms with Crippen molar-refractivity contribution in [3.63, 3.8) is 0 Å². The largest absolute Gasteiger partial charge is 0.379 e. The SMILES string of the molecule is O=C(/C=C/c1cnn(Cc2ccccc2)c1)N[C@@H](CN1CCOCC1)c1ccccc1. The van der Waals surface area contributed by atoms with E-state index in [2.05, 4.69) is 39.6 Å². The molecule has 0 radical (unpaired) electrons. The molecule has 4 rings (SSSR count). The molecule has 1 N–H and O–H groups in total. The first-order chi connectivity index (χ1) is 15.3. The minimum absolute atomic E-state index is 0.0720. The first kappa shape index (κ1) is 21.0. The topological polar surface area (TPSA) is 59.4 Å². The zero-order valence-electron chi connectivity index (χ0n) is 17.6. The number of rotatable bonds is 8. The van der Waals surface area contributed by atoms with Crippen LogP contribution in [0.1, 0.15) is 22.7 Å². The fourth-order valence-electron chi connectivity index (χ4n) is 3.68. The molecule has 0 bridgehead atoms. The van der Waals surface area contributed by atoms with Crippen LogP contribution in [0, 0.1) is 0 Å². The van der Waals surface area contributed by atoms with Crippen molar-refractivity contribution in [2.75, 3.05) is 32.8 Å². The van der Waals surface area contributed by atoms with Crippen molar-refractivity contribution in [1.29, 1.82) is 0 Å². The van der Waals surface area contributed by atoms with Gasteiger partial charge in [0.25, 0.3) is 0 Å². The van der Waals surface area contributed by atoms with Crippen molar-refractivity contribution in [2.45, 2.75) is 12.6 Å². The van der Waals surface area contributed by atoms with Crippen LogP contribution >= 0.6 is 0 Å². The van der Waals surface area contributed by atoms with Crippen LogP contribution in [0.15, 0.2) is 79.1 Å². The number of ether oxygens (including phenoxy) is 1. The van der Waals surface area contributed by atoms with Crippen LogP contribution < -0.4 is 5.32 Å². The van der Waals surface area contributed by atoms with Crippen molar-refractivity contribution in [3.8, 4) is 0 Å². The molecule has 1 aromatic heterocycles.